The van der Waals surface area contributed by atoms with Gasteiger partial charge in [-0.2, -0.15) is 0 Å². The van der Waals surface area contributed by atoms with E-state index < -0.39 is 0 Å². The van der Waals surface area contributed by atoms with Gasteiger partial charge >= 0.3 is 0 Å². The maximum absolute atomic E-state index is 6.70. The van der Waals surface area contributed by atoms with Crippen LogP contribution in [0.3, 0.4) is 0 Å². The highest BCUT2D eigenvalue weighted by atomic mass is 32.1. The van der Waals surface area contributed by atoms with E-state index in [0.29, 0.717) is 34.9 Å². The van der Waals surface area contributed by atoms with Crippen LogP contribution in [0.25, 0.3) is 264 Å². The SMILES string of the molecule is c1ccc(-c2nc(-c3ccccc3)nc(-c3ccc4oc5ccc(-n6c7ccccc7c7cc(-n8c9ccccc9c9ccc%10c%11ccccc%11oc%10c98)ccc76)cc5c4c3)n2)cc1.c1ccc(-c2nc(-c3ccccc3)nc(-c3cccc4c3sc3c(-n5c6ccccc6c6cc(-n7c8ccccc8c8ccc9c%10ccccc%10oc9c87)ccc65)cccc34)n2)cc1. The Balaban J connectivity index is 0.000000132. The largest absolute Gasteiger partial charge is 0.456 e. The van der Waals surface area contributed by atoms with Crippen LogP contribution in [0.15, 0.2) is 414 Å². The van der Waals surface area contributed by atoms with Crippen molar-refractivity contribution in [1.82, 2.24) is 48.2 Å². The minimum atomic E-state index is 0.600. The van der Waals surface area contributed by atoms with Gasteiger partial charge in [-0.25, -0.2) is 29.9 Å². The molecule has 0 radical (unpaired) electrons. The Morgan fingerprint density at radius 1 is 0.188 bits per heavy atom. The second kappa shape index (κ2) is 28.2. The maximum Gasteiger partial charge on any atom is 0.165 e. The Kier molecular flexibility index (Phi) is 15.7. The van der Waals surface area contributed by atoms with Crippen molar-refractivity contribution in [3.05, 3.63) is 400 Å². The fourth-order valence-corrected chi connectivity index (χ4v) is 21.1. The van der Waals surface area contributed by atoms with Crippen LogP contribution in [0.1, 0.15) is 0 Å². The quantitative estimate of drug-likeness (QED) is 0.131. The number of benzene rings is 18. The van der Waals surface area contributed by atoms with Gasteiger partial charge in [-0.15, -0.1) is 11.3 Å². The first-order chi connectivity index (χ1) is 63.5. The molecule has 0 spiro atoms. The summed E-state index contributed by atoms with van der Waals surface area (Å²) in [4.78, 5) is 30.2. The van der Waals surface area contributed by atoms with Crippen molar-refractivity contribution in [3.8, 4) is 91.1 Å². The standard InChI is InChI=1S/C57H33N5O2.C57H33N5OS/c1-3-13-34(14-4-1)55-58-56(35-15-5-2-6-16-35)60-57(59-55)36-23-29-51-45(31-36)46-33-37(25-30-52(46)63-51)61-47-20-10-8-18-40(47)44-32-38(24-28-49(44)61)62-48-21-11-7-17-39(48)42-26-27-43-41-19-9-12-22-50(41)64-54(43)53(42)62;1-3-15-34(16-4-1)55-58-56(35-17-5-2-6-18-35)60-57(59-55)44-24-13-22-42-43-23-14-27-49(54(43)64-53(42)44)62-47-26-11-8-20-38(47)45-33-36(29-32-48(45)62)61-46-25-10-7-19-37(46)40-30-31-41-39-21-9-12-28-50(39)63-52(41)51(40)61/h2*1-33H. The zero-order chi connectivity index (χ0) is 83.8. The zero-order valence-electron chi connectivity index (χ0n) is 68.2. The maximum atomic E-state index is 6.70. The fourth-order valence-electron chi connectivity index (χ4n) is 19.8. The van der Waals surface area contributed by atoms with Gasteiger partial charge in [0.15, 0.2) is 46.1 Å². The Hall–Kier alpha value is -17.2. The first-order valence-electron chi connectivity index (χ1n) is 42.9. The highest BCUT2D eigenvalue weighted by Gasteiger charge is 2.27. The van der Waals surface area contributed by atoms with Gasteiger partial charge in [-0.05, 0) is 133 Å². The summed E-state index contributed by atoms with van der Waals surface area (Å²) in [5.41, 5.74) is 24.1. The van der Waals surface area contributed by atoms with E-state index in [9.17, 15) is 0 Å². The first-order valence-corrected chi connectivity index (χ1v) is 43.7. The monoisotopic (exact) mass is 1650 g/mol. The van der Waals surface area contributed by atoms with Crippen molar-refractivity contribution in [3.63, 3.8) is 0 Å². The smallest absolute Gasteiger partial charge is 0.165 e. The summed E-state index contributed by atoms with van der Waals surface area (Å²) in [6.07, 6.45) is 0. The zero-order valence-corrected chi connectivity index (χ0v) is 69.0. The van der Waals surface area contributed by atoms with Crippen LogP contribution in [0.2, 0.25) is 0 Å². The molecule has 0 fully saturated rings. The van der Waals surface area contributed by atoms with Gasteiger partial charge in [0, 0.05) is 141 Å². The molecule has 0 saturated carbocycles. The number of furan rings is 3. The third-order valence-electron chi connectivity index (χ3n) is 25.5. The second-order valence-electron chi connectivity index (χ2n) is 32.7. The second-order valence-corrected chi connectivity index (χ2v) is 33.7. The van der Waals surface area contributed by atoms with Crippen molar-refractivity contribution >= 4 is 185 Å². The summed E-state index contributed by atoms with van der Waals surface area (Å²) in [7, 11) is 0. The lowest BCUT2D eigenvalue weighted by Crippen LogP contribution is -2.00. The number of nitrogens with zero attached hydrogens (tertiary/aromatic N) is 10. The topological polar surface area (TPSA) is 136 Å². The molecule has 0 atom stereocenters. The molecule has 0 N–H and O–H groups in total. The molecule has 0 amide bonds. The van der Waals surface area contributed by atoms with Gasteiger partial charge in [0.2, 0.25) is 0 Å². The Morgan fingerprint density at radius 3 is 1.02 bits per heavy atom. The lowest BCUT2D eigenvalue weighted by atomic mass is 10.1. The number of aromatic nitrogens is 10. The van der Waals surface area contributed by atoms with Crippen LogP contribution >= 0.6 is 11.3 Å². The predicted octanol–water partition coefficient (Wildman–Crippen LogP) is 30.2. The molecule has 0 aliphatic heterocycles. The molecule has 13 nitrogen and oxygen atoms in total. The highest BCUT2D eigenvalue weighted by molar-refractivity contribution is 7.26. The van der Waals surface area contributed by atoms with Crippen LogP contribution in [0, 0.1) is 0 Å². The minimum absolute atomic E-state index is 0.600. The summed E-state index contributed by atoms with van der Waals surface area (Å²) in [5.74, 6) is 3.80. The number of fused-ring (bicyclic) bond motifs is 26. The minimum Gasteiger partial charge on any atom is -0.456 e. The summed E-state index contributed by atoms with van der Waals surface area (Å²) in [6, 6.07) is 140. The molecule has 10 heterocycles. The van der Waals surface area contributed by atoms with E-state index in [4.69, 9.17) is 43.2 Å². The molecule has 0 aliphatic carbocycles. The van der Waals surface area contributed by atoms with Crippen molar-refractivity contribution in [2.24, 2.45) is 0 Å². The molecular weight excluding hydrogens is 1590 g/mol. The molecule has 0 bridgehead atoms. The van der Waals surface area contributed by atoms with Crippen LogP contribution in [-0.2, 0) is 0 Å². The summed E-state index contributed by atoms with van der Waals surface area (Å²) < 4.78 is 31.8. The third-order valence-corrected chi connectivity index (χ3v) is 26.8. The molecule has 0 aliphatic rings. The van der Waals surface area contributed by atoms with E-state index in [1.54, 1.807) is 11.3 Å². The lowest BCUT2D eigenvalue weighted by molar-refractivity contribution is 0.669. The van der Waals surface area contributed by atoms with Gasteiger partial charge < -0.3 is 31.5 Å². The van der Waals surface area contributed by atoms with Gasteiger partial charge in [0.25, 0.3) is 0 Å². The molecular formula is C114H66N10O3S. The lowest BCUT2D eigenvalue weighted by Gasteiger charge is -2.11. The number of rotatable bonds is 10. The number of hydrogen-bond donors (Lipinski definition) is 0. The molecule has 10 aromatic heterocycles. The molecule has 18 aromatic carbocycles. The normalized spacial score (nSPS) is 12.1. The molecule has 128 heavy (non-hydrogen) atoms. The van der Waals surface area contributed by atoms with Crippen molar-refractivity contribution in [2.45, 2.75) is 0 Å². The number of para-hydroxylation sites is 6. The molecule has 14 heteroatoms. The average Bonchev–Trinajstić information content (AvgIpc) is 1.56. The fraction of sp³-hybridized carbons (Fsp3) is 0. The van der Waals surface area contributed by atoms with Crippen molar-refractivity contribution < 1.29 is 13.3 Å². The summed E-state index contributed by atoms with van der Waals surface area (Å²) in [5, 5.41) is 18.3. The summed E-state index contributed by atoms with van der Waals surface area (Å²) >= 11 is 1.80. The van der Waals surface area contributed by atoms with Crippen LogP contribution in [0.5, 0.6) is 0 Å². The third kappa shape index (κ3) is 11.0. The molecule has 28 rings (SSSR count). The predicted molar refractivity (Wildman–Crippen MR) is 524 cm³/mol. The van der Waals surface area contributed by atoms with Crippen LogP contribution in [0.4, 0.5) is 0 Å². The van der Waals surface area contributed by atoms with Gasteiger partial charge in [-0.1, -0.05) is 267 Å². The van der Waals surface area contributed by atoms with E-state index >= 15 is 0 Å². The van der Waals surface area contributed by atoms with Gasteiger partial charge in [0.05, 0.1) is 54.5 Å². The van der Waals surface area contributed by atoms with E-state index in [0.717, 1.165) is 182 Å². The average molecular weight is 1660 g/mol. The van der Waals surface area contributed by atoms with Crippen LogP contribution in [-0.4, -0.2) is 48.2 Å². The van der Waals surface area contributed by atoms with Crippen molar-refractivity contribution in [2.75, 3.05) is 0 Å². The van der Waals surface area contributed by atoms with E-state index in [1.807, 2.05) is 121 Å². The van der Waals surface area contributed by atoms with Crippen LogP contribution < -0.4 is 0 Å². The van der Waals surface area contributed by atoms with Crippen molar-refractivity contribution in [1.29, 1.82) is 0 Å². The van der Waals surface area contributed by atoms with E-state index in [2.05, 4.69) is 297 Å². The van der Waals surface area contributed by atoms with Gasteiger partial charge in [-0.3, -0.25) is 0 Å². The molecule has 0 unspecified atom stereocenters. The number of thiophene rings is 1. The Bertz CT molecular complexity index is 9370. The Labute approximate surface area is 732 Å². The van der Waals surface area contributed by atoms with E-state index in [-0.39, 0.29) is 0 Å². The van der Waals surface area contributed by atoms with E-state index in [1.165, 1.54) is 47.8 Å². The highest BCUT2D eigenvalue weighted by Crippen LogP contribution is 2.49. The number of hydrogen-bond acceptors (Lipinski definition) is 10. The molecule has 28 aromatic rings. The first kappa shape index (κ1) is 71.4. The Morgan fingerprint density at radius 2 is 0.523 bits per heavy atom. The van der Waals surface area contributed by atoms with Gasteiger partial charge in [0.1, 0.15) is 22.3 Å². The molecule has 596 valence electrons. The molecule has 0 saturated heterocycles. The summed E-state index contributed by atoms with van der Waals surface area (Å²) in [6.45, 7) is 0.